The highest BCUT2D eigenvalue weighted by Crippen LogP contribution is 2.19. The van der Waals surface area contributed by atoms with E-state index in [1.54, 1.807) is 19.2 Å². The van der Waals surface area contributed by atoms with Gasteiger partial charge in [0.15, 0.2) is 0 Å². The zero-order chi connectivity index (χ0) is 11.5. The quantitative estimate of drug-likeness (QED) is 0.820. The summed E-state index contributed by atoms with van der Waals surface area (Å²) >= 11 is 0. The molecule has 0 aliphatic heterocycles. The lowest BCUT2D eigenvalue weighted by Gasteiger charge is -2.04. The lowest BCUT2D eigenvalue weighted by molar-refractivity contribution is 0.441. The normalized spacial score (nSPS) is 10.2. The second-order valence-electron chi connectivity index (χ2n) is 3.38. The summed E-state index contributed by atoms with van der Waals surface area (Å²) in [4.78, 5) is 8.33. The Morgan fingerprint density at radius 3 is 2.62 bits per heavy atom. The Labute approximate surface area is 93.1 Å². The summed E-state index contributed by atoms with van der Waals surface area (Å²) < 4.78 is 5.49. The van der Waals surface area contributed by atoms with Gasteiger partial charge in [0.2, 0.25) is 11.8 Å². The van der Waals surface area contributed by atoms with Crippen molar-refractivity contribution in [3.05, 3.63) is 23.7 Å². The standard InChI is InChI=1S/C10H13N5O/c1-6-4-10(15-14-6)16-9-5-8(11-3)12-7(2)13-9/h4-5H,1-3H3,(H,14,15)(H,11,12,13). The van der Waals surface area contributed by atoms with E-state index in [0.29, 0.717) is 17.6 Å². The molecule has 2 aromatic rings. The van der Waals surface area contributed by atoms with Gasteiger partial charge in [-0.05, 0) is 13.8 Å². The maximum absolute atomic E-state index is 5.49. The molecule has 16 heavy (non-hydrogen) atoms. The number of nitrogens with zero attached hydrogens (tertiary/aromatic N) is 3. The number of nitrogens with one attached hydrogen (secondary N) is 2. The van der Waals surface area contributed by atoms with Crippen LogP contribution in [0, 0.1) is 13.8 Å². The molecule has 0 aliphatic carbocycles. The molecule has 0 aliphatic rings. The molecular formula is C10H13N5O. The molecule has 2 aromatic heterocycles. The molecule has 0 unspecified atom stereocenters. The number of ether oxygens (including phenoxy) is 1. The van der Waals surface area contributed by atoms with Gasteiger partial charge >= 0.3 is 0 Å². The summed E-state index contributed by atoms with van der Waals surface area (Å²) in [6.45, 7) is 3.72. The van der Waals surface area contributed by atoms with Crippen LogP contribution in [0.5, 0.6) is 11.8 Å². The highest BCUT2D eigenvalue weighted by molar-refractivity contribution is 5.38. The summed E-state index contributed by atoms with van der Waals surface area (Å²) in [5.74, 6) is 2.34. The first-order chi connectivity index (χ1) is 7.67. The van der Waals surface area contributed by atoms with Crippen LogP contribution < -0.4 is 10.1 Å². The molecule has 0 atom stereocenters. The lowest BCUT2D eigenvalue weighted by atomic mass is 10.5. The smallest absolute Gasteiger partial charge is 0.240 e. The van der Waals surface area contributed by atoms with Crippen LogP contribution in [0.2, 0.25) is 0 Å². The molecule has 0 amide bonds. The third kappa shape index (κ3) is 2.28. The monoisotopic (exact) mass is 219 g/mol. The molecular weight excluding hydrogens is 206 g/mol. The molecule has 6 nitrogen and oxygen atoms in total. The maximum atomic E-state index is 5.49. The number of aromatic nitrogens is 4. The van der Waals surface area contributed by atoms with Gasteiger partial charge < -0.3 is 10.1 Å². The second kappa shape index (κ2) is 4.18. The molecule has 0 spiro atoms. The highest BCUT2D eigenvalue weighted by Gasteiger charge is 2.05. The van der Waals surface area contributed by atoms with Gasteiger partial charge in [-0.1, -0.05) is 0 Å². The summed E-state index contributed by atoms with van der Waals surface area (Å²) in [6.07, 6.45) is 0. The minimum absolute atomic E-state index is 0.475. The number of H-pyrrole nitrogens is 1. The van der Waals surface area contributed by atoms with Crippen molar-refractivity contribution in [3.8, 4) is 11.8 Å². The maximum Gasteiger partial charge on any atom is 0.240 e. The topological polar surface area (TPSA) is 75.7 Å². The van der Waals surface area contributed by atoms with Gasteiger partial charge in [0.05, 0.1) is 0 Å². The van der Waals surface area contributed by atoms with E-state index in [1.807, 2.05) is 13.8 Å². The Bertz CT molecular complexity index is 494. The first kappa shape index (κ1) is 10.4. The van der Waals surface area contributed by atoms with E-state index in [9.17, 15) is 0 Å². The van der Waals surface area contributed by atoms with E-state index >= 15 is 0 Å². The van der Waals surface area contributed by atoms with Gasteiger partial charge in [-0.3, -0.25) is 5.10 Å². The van der Waals surface area contributed by atoms with Crippen LogP contribution in [0.1, 0.15) is 11.5 Å². The van der Waals surface area contributed by atoms with Crippen LogP contribution in [0.4, 0.5) is 5.82 Å². The predicted octanol–water partition coefficient (Wildman–Crippen LogP) is 1.65. The summed E-state index contributed by atoms with van der Waals surface area (Å²) in [5, 5.41) is 9.71. The second-order valence-corrected chi connectivity index (χ2v) is 3.38. The summed E-state index contributed by atoms with van der Waals surface area (Å²) in [6, 6.07) is 3.52. The van der Waals surface area contributed by atoms with Crippen molar-refractivity contribution in [2.24, 2.45) is 0 Å². The zero-order valence-electron chi connectivity index (χ0n) is 9.40. The van der Waals surface area contributed by atoms with E-state index in [2.05, 4.69) is 25.5 Å². The number of hydrogen-bond acceptors (Lipinski definition) is 5. The molecule has 6 heteroatoms. The molecule has 0 fully saturated rings. The Morgan fingerprint density at radius 2 is 2.00 bits per heavy atom. The van der Waals surface area contributed by atoms with Gasteiger partial charge in [0.25, 0.3) is 0 Å². The zero-order valence-corrected chi connectivity index (χ0v) is 9.40. The minimum atomic E-state index is 0.475. The summed E-state index contributed by atoms with van der Waals surface area (Å²) in [5.41, 5.74) is 0.939. The van der Waals surface area contributed by atoms with Gasteiger partial charge in [-0.2, -0.15) is 4.98 Å². The number of aromatic amines is 1. The average molecular weight is 219 g/mol. The molecule has 2 heterocycles. The minimum Gasteiger partial charge on any atom is -0.419 e. The van der Waals surface area contributed by atoms with E-state index in [-0.39, 0.29) is 0 Å². The van der Waals surface area contributed by atoms with Crippen molar-refractivity contribution >= 4 is 5.82 Å². The third-order valence-corrected chi connectivity index (χ3v) is 1.96. The number of rotatable bonds is 3. The molecule has 2 N–H and O–H groups in total. The van der Waals surface area contributed by atoms with Crippen molar-refractivity contribution in [1.29, 1.82) is 0 Å². The molecule has 0 saturated carbocycles. The molecule has 0 bridgehead atoms. The van der Waals surface area contributed by atoms with Crippen LogP contribution in [0.3, 0.4) is 0 Å². The van der Waals surface area contributed by atoms with Crippen molar-refractivity contribution in [2.45, 2.75) is 13.8 Å². The fourth-order valence-corrected chi connectivity index (χ4v) is 1.27. The van der Waals surface area contributed by atoms with E-state index in [4.69, 9.17) is 4.74 Å². The van der Waals surface area contributed by atoms with Crippen LogP contribution >= 0.6 is 0 Å². The predicted molar refractivity (Wildman–Crippen MR) is 59.7 cm³/mol. The first-order valence-corrected chi connectivity index (χ1v) is 4.90. The number of aryl methyl sites for hydroxylation is 2. The van der Waals surface area contributed by atoms with Crippen LogP contribution in [-0.2, 0) is 0 Å². The molecule has 0 aromatic carbocycles. The largest absolute Gasteiger partial charge is 0.419 e. The Kier molecular flexibility index (Phi) is 2.72. The fraction of sp³-hybridized carbons (Fsp3) is 0.300. The van der Waals surface area contributed by atoms with Crippen LogP contribution in [0.15, 0.2) is 12.1 Å². The van der Waals surface area contributed by atoms with E-state index in [1.165, 1.54) is 0 Å². The summed E-state index contributed by atoms with van der Waals surface area (Å²) in [7, 11) is 1.80. The number of hydrogen-bond donors (Lipinski definition) is 2. The van der Waals surface area contributed by atoms with E-state index < -0.39 is 0 Å². The van der Waals surface area contributed by atoms with Crippen LogP contribution in [0.25, 0.3) is 0 Å². The molecule has 2 rings (SSSR count). The third-order valence-electron chi connectivity index (χ3n) is 1.96. The SMILES string of the molecule is CNc1cc(Oc2cc(C)[nH]n2)nc(C)n1. The number of anilines is 1. The van der Waals surface area contributed by atoms with Crippen molar-refractivity contribution in [2.75, 3.05) is 12.4 Å². The van der Waals surface area contributed by atoms with Gasteiger partial charge in [0.1, 0.15) is 11.6 Å². The Hall–Kier alpha value is -2.11. The van der Waals surface area contributed by atoms with Gasteiger partial charge in [-0.15, -0.1) is 5.10 Å². The van der Waals surface area contributed by atoms with Crippen molar-refractivity contribution in [1.82, 2.24) is 20.2 Å². The molecule has 84 valence electrons. The van der Waals surface area contributed by atoms with Crippen LogP contribution in [-0.4, -0.2) is 27.2 Å². The van der Waals surface area contributed by atoms with E-state index in [0.717, 1.165) is 11.5 Å². The van der Waals surface area contributed by atoms with Crippen molar-refractivity contribution in [3.63, 3.8) is 0 Å². The lowest BCUT2D eigenvalue weighted by Crippen LogP contribution is -1.98. The van der Waals surface area contributed by atoms with Gasteiger partial charge in [0, 0.05) is 24.9 Å². The first-order valence-electron chi connectivity index (χ1n) is 4.90. The highest BCUT2D eigenvalue weighted by atomic mass is 16.5. The molecule has 0 saturated heterocycles. The Morgan fingerprint density at radius 1 is 1.19 bits per heavy atom. The fourth-order valence-electron chi connectivity index (χ4n) is 1.27. The Balaban J connectivity index is 2.24. The molecule has 0 radical (unpaired) electrons. The van der Waals surface area contributed by atoms with Crippen molar-refractivity contribution < 1.29 is 4.74 Å². The average Bonchev–Trinajstić information content (AvgIpc) is 2.63. The van der Waals surface area contributed by atoms with Gasteiger partial charge in [-0.25, -0.2) is 4.98 Å².